The van der Waals surface area contributed by atoms with E-state index in [-0.39, 0.29) is 11.8 Å². The molecule has 1 aliphatic heterocycles. The van der Waals surface area contributed by atoms with Crippen molar-refractivity contribution in [2.24, 2.45) is 11.3 Å². The highest BCUT2D eigenvalue weighted by molar-refractivity contribution is 6.08. The minimum atomic E-state index is -1.14. The van der Waals surface area contributed by atoms with Crippen molar-refractivity contribution in [2.75, 3.05) is 13.7 Å². The molecule has 1 saturated carbocycles. The van der Waals surface area contributed by atoms with Gasteiger partial charge in [-0.15, -0.1) is 0 Å². The molecule has 21 heavy (non-hydrogen) atoms. The maximum Gasteiger partial charge on any atom is 0.325 e. The first kappa shape index (κ1) is 13.9. The molecule has 0 radical (unpaired) electrons. The quantitative estimate of drug-likeness (QED) is 0.486. The Morgan fingerprint density at radius 1 is 1.43 bits per heavy atom. The van der Waals surface area contributed by atoms with Crippen molar-refractivity contribution >= 4 is 11.9 Å². The number of fused-ring (bicyclic) bond motifs is 1. The largest absolute Gasteiger partial charge is 0.468 e. The average molecular weight is 285 g/mol. The fourth-order valence-corrected chi connectivity index (χ4v) is 3.70. The summed E-state index contributed by atoms with van der Waals surface area (Å²) < 4.78 is 4.93. The highest BCUT2D eigenvalue weighted by Crippen LogP contribution is 2.53. The first-order chi connectivity index (χ1) is 10.1. The molecule has 0 spiro atoms. The summed E-state index contributed by atoms with van der Waals surface area (Å²) in [4.78, 5) is 27.0. The van der Waals surface area contributed by atoms with Crippen molar-refractivity contribution < 1.29 is 14.3 Å². The highest BCUT2D eigenvalue weighted by Gasteiger charge is 2.64. The first-order valence-corrected chi connectivity index (χ1v) is 7.20. The van der Waals surface area contributed by atoms with Gasteiger partial charge in [-0.3, -0.25) is 9.59 Å². The number of hydrogen-bond donors (Lipinski definition) is 0. The van der Waals surface area contributed by atoms with Gasteiger partial charge >= 0.3 is 5.97 Å². The summed E-state index contributed by atoms with van der Waals surface area (Å²) >= 11 is 0. The lowest BCUT2D eigenvalue weighted by Crippen LogP contribution is -2.43. The van der Waals surface area contributed by atoms with Crippen molar-refractivity contribution in [3.05, 3.63) is 48.0 Å². The third-order valence-corrected chi connectivity index (χ3v) is 4.75. The number of likely N-dealkylation sites (tertiary alicyclic amines) is 1. The second-order valence-corrected chi connectivity index (χ2v) is 5.81. The number of methoxy groups -OCH3 is 1. The lowest BCUT2D eigenvalue weighted by Gasteiger charge is -2.25. The molecule has 2 fully saturated rings. The molecule has 2 atom stereocenters. The summed E-state index contributed by atoms with van der Waals surface area (Å²) in [5.41, 5.74) is 0.639. The van der Waals surface area contributed by atoms with E-state index in [0.717, 1.165) is 18.4 Å². The van der Waals surface area contributed by atoms with Gasteiger partial charge in [0, 0.05) is 19.0 Å². The van der Waals surface area contributed by atoms with Gasteiger partial charge in [-0.25, -0.2) is 0 Å². The number of carbonyl (C=O) groups excluding carboxylic acids is 2. The molecule has 4 heteroatoms. The number of benzene rings is 1. The SMILES string of the molecule is C=C1CC[C@@H]2CN(Cc3ccccc3)C(=O)[C@]12C(=O)OC. The Hall–Kier alpha value is -2.10. The highest BCUT2D eigenvalue weighted by atomic mass is 16.5. The molecule has 3 rings (SSSR count). The number of ether oxygens (including phenoxy) is 1. The fourth-order valence-electron chi connectivity index (χ4n) is 3.70. The van der Waals surface area contributed by atoms with E-state index in [1.165, 1.54) is 7.11 Å². The zero-order valence-electron chi connectivity index (χ0n) is 12.2. The van der Waals surface area contributed by atoms with Crippen LogP contribution in [0.25, 0.3) is 0 Å². The Balaban J connectivity index is 1.91. The van der Waals surface area contributed by atoms with Crippen molar-refractivity contribution in [3.63, 3.8) is 0 Å². The number of hydrogen-bond acceptors (Lipinski definition) is 3. The van der Waals surface area contributed by atoms with Crippen molar-refractivity contribution in [3.8, 4) is 0 Å². The monoisotopic (exact) mass is 285 g/mol. The third-order valence-electron chi connectivity index (χ3n) is 4.75. The molecule has 0 unspecified atom stereocenters. The van der Waals surface area contributed by atoms with Gasteiger partial charge in [-0.2, -0.15) is 0 Å². The Morgan fingerprint density at radius 2 is 2.14 bits per heavy atom. The summed E-state index contributed by atoms with van der Waals surface area (Å²) in [6, 6.07) is 9.82. The van der Waals surface area contributed by atoms with Gasteiger partial charge in [0.25, 0.3) is 0 Å². The minimum Gasteiger partial charge on any atom is -0.468 e. The first-order valence-electron chi connectivity index (χ1n) is 7.20. The summed E-state index contributed by atoms with van der Waals surface area (Å²) in [7, 11) is 1.34. The van der Waals surface area contributed by atoms with E-state index in [4.69, 9.17) is 4.74 Å². The summed E-state index contributed by atoms with van der Waals surface area (Å²) in [5.74, 6) is -0.602. The molecule has 1 amide bonds. The number of nitrogens with zero attached hydrogens (tertiary/aromatic N) is 1. The van der Waals surface area contributed by atoms with Crippen molar-refractivity contribution in [2.45, 2.75) is 19.4 Å². The molecule has 4 nitrogen and oxygen atoms in total. The standard InChI is InChI=1S/C17H19NO3/c1-12-8-9-14-11-18(10-13-6-4-3-5-7-13)15(19)17(12,14)16(20)21-2/h3-7,14H,1,8-11H2,2H3/t14-,17+/m1/s1. The van der Waals surface area contributed by atoms with Crippen LogP contribution < -0.4 is 0 Å². The smallest absolute Gasteiger partial charge is 0.325 e. The lowest BCUT2D eigenvalue weighted by atomic mass is 9.77. The molecule has 1 aromatic carbocycles. The van der Waals surface area contributed by atoms with Crippen LogP contribution in [0.1, 0.15) is 18.4 Å². The fraction of sp³-hybridized carbons (Fsp3) is 0.412. The molecule has 1 aliphatic carbocycles. The van der Waals surface area contributed by atoms with Gasteiger partial charge in [0.1, 0.15) is 0 Å². The Morgan fingerprint density at radius 3 is 2.81 bits per heavy atom. The molecule has 1 aromatic rings. The van der Waals surface area contributed by atoms with E-state index in [1.807, 2.05) is 30.3 Å². The van der Waals surface area contributed by atoms with E-state index in [2.05, 4.69) is 6.58 Å². The molecular formula is C17H19NO3. The molecule has 110 valence electrons. The van der Waals surface area contributed by atoms with Gasteiger partial charge in [0.15, 0.2) is 5.41 Å². The van der Waals surface area contributed by atoms with Crippen LogP contribution in [0.4, 0.5) is 0 Å². The van der Waals surface area contributed by atoms with E-state index in [1.54, 1.807) is 4.90 Å². The number of rotatable bonds is 3. The predicted octanol–water partition coefficient (Wildman–Crippen LogP) is 2.15. The van der Waals surface area contributed by atoms with Crippen molar-refractivity contribution in [1.29, 1.82) is 0 Å². The van der Waals surface area contributed by atoms with E-state index < -0.39 is 11.4 Å². The maximum absolute atomic E-state index is 12.9. The maximum atomic E-state index is 12.9. The van der Waals surface area contributed by atoms with Crippen LogP contribution in [0.5, 0.6) is 0 Å². The predicted molar refractivity (Wildman–Crippen MR) is 78.2 cm³/mol. The van der Waals surface area contributed by atoms with Gasteiger partial charge in [-0.1, -0.05) is 42.5 Å². The number of carbonyl (C=O) groups is 2. The normalized spacial score (nSPS) is 27.9. The van der Waals surface area contributed by atoms with Gasteiger partial charge < -0.3 is 9.64 Å². The second-order valence-electron chi connectivity index (χ2n) is 5.81. The molecular weight excluding hydrogens is 266 g/mol. The van der Waals surface area contributed by atoms with Crippen LogP contribution in [-0.4, -0.2) is 30.4 Å². The summed E-state index contributed by atoms with van der Waals surface area (Å²) in [6.45, 7) is 5.11. The molecule has 2 aliphatic rings. The summed E-state index contributed by atoms with van der Waals surface area (Å²) in [6.07, 6.45) is 1.55. The number of esters is 1. The van der Waals surface area contributed by atoms with Crippen LogP contribution in [0.15, 0.2) is 42.5 Å². The molecule has 0 bridgehead atoms. The van der Waals surface area contributed by atoms with Crippen LogP contribution >= 0.6 is 0 Å². The molecule has 0 aromatic heterocycles. The zero-order chi connectivity index (χ0) is 15.0. The van der Waals surface area contributed by atoms with Crippen molar-refractivity contribution in [1.82, 2.24) is 4.90 Å². The Bertz CT molecular complexity index is 595. The van der Waals surface area contributed by atoms with Crippen LogP contribution in [-0.2, 0) is 20.9 Å². The van der Waals surface area contributed by atoms with Gasteiger partial charge in [0.2, 0.25) is 5.91 Å². The lowest BCUT2D eigenvalue weighted by molar-refractivity contribution is -0.157. The third kappa shape index (κ3) is 1.89. The summed E-state index contributed by atoms with van der Waals surface area (Å²) in [5, 5.41) is 0. The van der Waals surface area contributed by atoms with Gasteiger partial charge in [0.05, 0.1) is 7.11 Å². The molecule has 0 N–H and O–H groups in total. The van der Waals surface area contributed by atoms with E-state index in [0.29, 0.717) is 18.7 Å². The second kappa shape index (κ2) is 5.02. The molecule has 1 heterocycles. The van der Waals surface area contributed by atoms with Gasteiger partial charge in [-0.05, 0) is 18.4 Å². The van der Waals surface area contributed by atoms with E-state index in [9.17, 15) is 9.59 Å². The van der Waals surface area contributed by atoms with Crippen LogP contribution in [0, 0.1) is 11.3 Å². The molecule has 1 saturated heterocycles. The average Bonchev–Trinajstić information content (AvgIpc) is 2.97. The number of amides is 1. The Kier molecular flexibility index (Phi) is 3.32. The van der Waals surface area contributed by atoms with E-state index >= 15 is 0 Å². The topological polar surface area (TPSA) is 46.6 Å². The minimum absolute atomic E-state index is 0.00587. The zero-order valence-corrected chi connectivity index (χ0v) is 12.2. The van der Waals surface area contributed by atoms with Crippen LogP contribution in [0.2, 0.25) is 0 Å². The Labute approximate surface area is 124 Å². The van der Waals surface area contributed by atoms with Crippen LogP contribution in [0.3, 0.4) is 0 Å².